The van der Waals surface area contributed by atoms with Crippen molar-refractivity contribution in [1.82, 2.24) is 15.3 Å². The molecule has 1 aliphatic carbocycles. The molecule has 3 rings (SSSR count). The summed E-state index contributed by atoms with van der Waals surface area (Å²) in [6.07, 6.45) is 5.05. The Labute approximate surface area is 115 Å². The van der Waals surface area contributed by atoms with Crippen molar-refractivity contribution in [3.05, 3.63) is 16.8 Å². The minimum atomic E-state index is -0.0128. The number of amides is 1. The molecular formula is C13H16N4OS. The van der Waals surface area contributed by atoms with E-state index in [1.165, 1.54) is 16.9 Å². The van der Waals surface area contributed by atoms with Crippen LogP contribution in [0.4, 0.5) is 5.82 Å². The van der Waals surface area contributed by atoms with E-state index in [1.807, 2.05) is 11.9 Å². The molecule has 0 atom stereocenters. The molecule has 6 heteroatoms. The van der Waals surface area contributed by atoms with E-state index in [1.54, 1.807) is 24.7 Å². The zero-order chi connectivity index (χ0) is 13.4. The molecule has 1 amide bonds. The van der Waals surface area contributed by atoms with Gasteiger partial charge in [-0.1, -0.05) is 0 Å². The predicted molar refractivity (Wildman–Crippen MR) is 76.8 cm³/mol. The van der Waals surface area contributed by atoms with Gasteiger partial charge in [0.15, 0.2) is 0 Å². The van der Waals surface area contributed by atoms with Crippen LogP contribution in [0.1, 0.15) is 16.9 Å². The Balaban J connectivity index is 2.05. The molecule has 2 heterocycles. The molecular weight excluding hydrogens is 260 g/mol. The Morgan fingerprint density at radius 2 is 2.32 bits per heavy atom. The number of aryl methyl sites for hydroxylation is 2. The van der Waals surface area contributed by atoms with Crippen LogP contribution >= 0.6 is 11.3 Å². The monoisotopic (exact) mass is 276 g/mol. The predicted octanol–water partition coefficient (Wildman–Crippen LogP) is 1.36. The maximum Gasteiger partial charge on any atom is 0.239 e. The first-order chi connectivity index (χ1) is 9.20. The van der Waals surface area contributed by atoms with E-state index in [4.69, 9.17) is 0 Å². The van der Waals surface area contributed by atoms with Gasteiger partial charge in [0.1, 0.15) is 17.0 Å². The molecule has 1 N–H and O–H groups in total. The zero-order valence-corrected chi connectivity index (χ0v) is 11.9. The van der Waals surface area contributed by atoms with E-state index in [0.29, 0.717) is 6.54 Å². The summed E-state index contributed by atoms with van der Waals surface area (Å²) in [6.45, 7) is 0.313. The number of likely N-dealkylation sites (N-methyl/N-ethyl adjacent to an activating group) is 2. The van der Waals surface area contributed by atoms with E-state index in [9.17, 15) is 4.79 Å². The fourth-order valence-electron chi connectivity index (χ4n) is 2.57. The fourth-order valence-corrected chi connectivity index (χ4v) is 3.79. The van der Waals surface area contributed by atoms with E-state index in [-0.39, 0.29) is 5.91 Å². The fraction of sp³-hybridized carbons (Fsp3) is 0.462. The van der Waals surface area contributed by atoms with Crippen LogP contribution in [-0.2, 0) is 17.6 Å². The van der Waals surface area contributed by atoms with Gasteiger partial charge in [-0.15, -0.1) is 11.3 Å². The van der Waals surface area contributed by atoms with Gasteiger partial charge in [-0.2, -0.15) is 0 Å². The standard InChI is InChI=1S/C13H16N4OS/c1-14-10(18)6-17(2)12-11-8-4-3-5-9(8)19-13(11)16-7-15-12/h7H,3-6H2,1-2H3,(H,14,18). The number of hydrogen-bond donors (Lipinski definition) is 1. The first-order valence-corrected chi connectivity index (χ1v) is 7.19. The Kier molecular flexibility index (Phi) is 3.10. The number of nitrogens with zero attached hydrogens (tertiary/aromatic N) is 3. The number of anilines is 1. The summed E-state index contributed by atoms with van der Waals surface area (Å²) in [6, 6.07) is 0. The largest absolute Gasteiger partial charge is 0.358 e. The Hall–Kier alpha value is -1.69. The van der Waals surface area contributed by atoms with Crippen LogP contribution < -0.4 is 10.2 Å². The third-order valence-corrected chi connectivity index (χ3v) is 4.70. The third-order valence-electron chi connectivity index (χ3n) is 3.50. The summed E-state index contributed by atoms with van der Waals surface area (Å²) in [5, 5.41) is 3.78. The first kappa shape index (κ1) is 12.3. The first-order valence-electron chi connectivity index (χ1n) is 6.37. The minimum Gasteiger partial charge on any atom is -0.358 e. The molecule has 1 aliphatic rings. The van der Waals surface area contributed by atoms with Crippen LogP contribution in [0.25, 0.3) is 10.2 Å². The maximum atomic E-state index is 11.5. The summed E-state index contributed by atoms with van der Waals surface area (Å²) >= 11 is 1.76. The molecule has 0 fully saturated rings. The molecule has 19 heavy (non-hydrogen) atoms. The lowest BCUT2D eigenvalue weighted by Gasteiger charge is -2.18. The quantitative estimate of drug-likeness (QED) is 0.919. The number of hydrogen-bond acceptors (Lipinski definition) is 5. The SMILES string of the molecule is CNC(=O)CN(C)c1ncnc2sc3c(c12)CCC3. The Morgan fingerprint density at radius 3 is 3.11 bits per heavy atom. The zero-order valence-electron chi connectivity index (χ0n) is 11.1. The minimum absolute atomic E-state index is 0.0128. The molecule has 5 nitrogen and oxygen atoms in total. The number of carbonyl (C=O) groups excluding carboxylic acids is 1. The molecule has 0 spiro atoms. The number of nitrogens with one attached hydrogen (secondary N) is 1. The highest BCUT2D eigenvalue weighted by Crippen LogP contribution is 2.39. The van der Waals surface area contributed by atoms with E-state index < -0.39 is 0 Å². The molecule has 0 bridgehead atoms. The van der Waals surface area contributed by atoms with Crippen LogP contribution in [-0.4, -0.2) is 36.5 Å². The average Bonchev–Trinajstić information content (AvgIpc) is 2.97. The van der Waals surface area contributed by atoms with Gasteiger partial charge in [0.05, 0.1) is 11.9 Å². The van der Waals surface area contributed by atoms with Crippen molar-refractivity contribution in [3.63, 3.8) is 0 Å². The van der Waals surface area contributed by atoms with Crippen LogP contribution in [0, 0.1) is 0 Å². The van der Waals surface area contributed by atoms with Crippen molar-refractivity contribution >= 4 is 33.3 Å². The average molecular weight is 276 g/mol. The second kappa shape index (κ2) is 4.77. The lowest BCUT2D eigenvalue weighted by molar-refractivity contribution is -0.119. The van der Waals surface area contributed by atoms with Crippen LogP contribution in [0.3, 0.4) is 0 Å². The summed E-state index contributed by atoms with van der Waals surface area (Å²) in [4.78, 5) is 24.6. The van der Waals surface area contributed by atoms with E-state index in [2.05, 4.69) is 15.3 Å². The Bertz CT molecular complexity index is 637. The highest BCUT2D eigenvalue weighted by atomic mass is 32.1. The highest BCUT2D eigenvalue weighted by Gasteiger charge is 2.22. The van der Waals surface area contributed by atoms with Gasteiger partial charge in [0, 0.05) is 19.0 Å². The second-order valence-corrected chi connectivity index (χ2v) is 5.85. The second-order valence-electron chi connectivity index (χ2n) is 4.76. The smallest absolute Gasteiger partial charge is 0.239 e. The van der Waals surface area contributed by atoms with Gasteiger partial charge >= 0.3 is 0 Å². The molecule has 2 aromatic rings. The number of carbonyl (C=O) groups is 1. The van der Waals surface area contributed by atoms with Gasteiger partial charge < -0.3 is 10.2 Å². The molecule has 2 aromatic heterocycles. The van der Waals surface area contributed by atoms with Crippen molar-refractivity contribution in [2.75, 3.05) is 25.5 Å². The lowest BCUT2D eigenvalue weighted by atomic mass is 10.2. The summed E-state index contributed by atoms with van der Waals surface area (Å²) in [7, 11) is 3.55. The highest BCUT2D eigenvalue weighted by molar-refractivity contribution is 7.19. The van der Waals surface area contributed by atoms with Crippen LogP contribution in [0.5, 0.6) is 0 Å². The van der Waals surface area contributed by atoms with Gasteiger partial charge in [0.2, 0.25) is 5.91 Å². The van der Waals surface area contributed by atoms with Gasteiger partial charge in [0.25, 0.3) is 0 Å². The summed E-state index contributed by atoms with van der Waals surface area (Å²) in [5.74, 6) is 0.856. The number of rotatable bonds is 3. The summed E-state index contributed by atoms with van der Waals surface area (Å²) in [5.41, 5.74) is 1.39. The molecule has 100 valence electrons. The van der Waals surface area contributed by atoms with Crippen molar-refractivity contribution in [3.8, 4) is 0 Å². The molecule has 0 aliphatic heterocycles. The summed E-state index contributed by atoms with van der Waals surface area (Å²) < 4.78 is 0. The van der Waals surface area contributed by atoms with Crippen LogP contribution in [0.2, 0.25) is 0 Å². The van der Waals surface area contributed by atoms with Crippen molar-refractivity contribution in [1.29, 1.82) is 0 Å². The number of fused-ring (bicyclic) bond motifs is 3. The topological polar surface area (TPSA) is 58.1 Å². The van der Waals surface area contributed by atoms with Crippen LogP contribution in [0.15, 0.2) is 6.33 Å². The van der Waals surface area contributed by atoms with E-state index in [0.717, 1.165) is 28.9 Å². The molecule has 0 unspecified atom stereocenters. The molecule has 0 aromatic carbocycles. The van der Waals surface area contributed by atoms with Gasteiger partial charge in [-0.25, -0.2) is 9.97 Å². The molecule has 0 saturated carbocycles. The van der Waals surface area contributed by atoms with Crippen molar-refractivity contribution in [2.24, 2.45) is 0 Å². The lowest BCUT2D eigenvalue weighted by Crippen LogP contribution is -2.33. The molecule has 0 saturated heterocycles. The number of aromatic nitrogens is 2. The number of thiophene rings is 1. The van der Waals surface area contributed by atoms with E-state index >= 15 is 0 Å². The third kappa shape index (κ3) is 2.06. The van der Waals surface area contributed by atoms with Gasteiger partial charge in [-0.05, 0) is 24.8 Å². The van der Waals surface area contributed by atoms with Gasteiger partial charge in [-0.3, -0.25) is 4.79 Å². The molecule has 0 radical (unpaired) electrons. The maximum absolute atomic E-state index is 11.5. The van der Waals surface area contributed by atoms with Crippen molar-refractivity contribution in [2.45, 2.75) is 19.3 Å². The normalized spacial score (nSPS) is 13.6. The van der Waals surface area contributed by atoms with Crippen molar-refractivity contribution < 1.29 is 4.79 Å². The Morgan fingerprint density at radius 1 is 1.47 bits per heavy atom.